The van der Waals surface area contributed by atoms with Crippen molar-refractivity contribution in [2.24, 2.45) is 5.92 Å². The molecule has 0 radical (unpaired) electrons. The molecule has 3 unspecified atom stereocenters. The van der Waals surface area contributed by atoms with E-state index in [0.717, 1.165) is 19.3 Å². The van der Waals surface area contributed by atoms with Gasteiger partial charge in [0.25, 0.3) is 0 Å². The summed E-state index contributed by atoms with van der Waals surface area (Å²) in [5.74, 6) is 0.357. The second-order valence-corrected chi connectivity index (χ2v) is 4.16. The highest BCUT2D eigenvalue weighted by Crippen LogP contribution is 2.29. The molecular weight excluding hydrogens is 176 g/mol. The zero-order valence-electron chi connectivity index (χ0n) is 6.85. The quantitative estimate of drug-likeness (QED) is 0.542. The molecule has 0 aromatic heterocycles. The first-order valence-corrected chi connectivity index (χ1v) is 4.86. The van der Waals surface area contributed by atoms with Gasteiger partial charge in [-0.25, -0.2) is 0 Å². The molecule has 0 aromatic carbocycles. The van der Waals surface area contributed by atoms with Gasteiger partial charge in [0.1, 0.15) is 0 Å². The summed E-state index contributed by atoms with van der Waals surface area (Å²) in [5.41, 5.74) is 0. The maximum atomic E-state index is 11.3. The van der Waals surface area contributed by atoms with E-state index in [1.54, 1.807) is 0 Å². The number of amides is 1. The molecule has 4 heteroatoms. The number of rotatable bonds is 0. The van der Waals surface area contributed by atoms with Crippen molar-refractivity contribution in [3.8, 4) is 0 Å². The van der Waals surface area contributed by atoms with Gasteiger partial charge in [-0.1, -0.05) is 0 Å². The van der Waals surface area contributed by atoms with Gasteiger partial charge >= 0.3 is 0 Å². The molecule has 1 saturated heterocycles. The summed E-state index contributed by atoms with van der Waals surface area (Å²) in [6.07, 6.45) is 2.83. The van der Waals surface area contributed by atoms with Gasteiger partial charge in [-0.15, -0.1) is 11.6 Å². The van der Waals surface area contributed by atoms with E-state index in [2.05, 4.69) is 10.6 Å². The molecule has 1 aliphatic carbocycles. The number of fused-ring (bicyclic) bond motifs is 1. The van der Waals surface area contributed by atoms with Crippen LogP contribution in [0.5, 0.6) is 0 Å². The molecule has 1 heterocycles. The van der Waals surface area contributed by atoms with E-state index in [-0.39, 0.29) is 17.2 Å². The lowest BCUT2D eigenvalue weighted by Crippen LogP contribution is -2.57. The van der Waals surface area contributed by atoms with Crippen molar-refractivity contribution < 1.29 is 4.79 Å². The van der Waals surface area contributed by atoms with E-state index >= 15 is 0 Å². The molecule has 2 N–H and O–H groups in total. The van der Waals surface area contributed by atoms with Gasteiger partial charge in [-0.05, 0) is 19.3 Å². The van der Waals surface area contributed by atoms with Crippen molar-refractivity contribution in [1.29, 1.82) is 0 Å². The Kier molecular flexibility index (Phi) is 2.24. The Hall–Kier alpha value is -0.280. The first kappa shape index (κ1) is 8.32. The number of carbonyl (C=O) groups is 1. The van der Waals surface area contributed by atoms with Gasteiger partial charge in [-0.2, -0.15) is 0 Å². The van der Waals surface area contributed by atoms with E-state index in [0.29, 0.717) is 12.7 Å². The third-order valence-corrected chi connectivity index (χ3v) is 3.15. The Morgan fingerprint density at radius 1 is 1.42 bits per heavy atom. The topological polar surface area (TPSA) is 41.1 Å². The zero-order valence-corrected chi connectivity index (χ0v) is 7.60. The van der Waals surface area contributed by atoms with Crippen LogP contribution >= 0.6 is 11.6 Å². The Balaban J connectivity index is 2.04. The second-order valence-electron chi connectivity index (χ2n) is 3.55. The SMILES string of the molecule is O=C1NCNC2CC(Cl)CCC12. The number of nitrogens with one attached hydrogen (secondary N) is 2. The minimum Gasteiger partial charge on any atom is -0.343 e. The smallest absolute Gasteiger partial charge is 0.225 e. The maximum absolute atomic E-state index is 11.3. The van der Waals surface area contributed by atoms with Crippen molar-refractivity contribution in [2.45, 2.75) is 30.7 Å². The summed E-state index contributed by atoms with van der Waals surface area (Å²) in [5, 5.41) is 6.32. The van der Waals surface area contributed by atoms with E-state index in [9.17, 15) is 4.79 Å². The highest BCUT2D eigenvalue weighted by molar-refractivity contribution is 6.20. The Morgan fingerprint density at radius 3 is 3.08 bits per heavy atom. The molecule has 1 aliphatic heterocycles. The van der Waals surface area contributed by atoms with E-state index < -0.39 is 0 Å². The summed E-state index contributed by atoms with van der Waals surface area (Å²) in [7, 11) is 0. The molecule has 68 valence electrons. The third kappa shape index (κ3) is 1.43. The third-order valence-electron chi connectivity index (χ3n) is 2.75. The molecule has 0 spiro atoms. The van der Waals surface area contributed by atoms with Gasteiger partial charge in [0.2, 0.25) is 5.91 Å². The lowest BCUT2D eigenvalue weighted by Gasteiger charge is -2.37. The molecule has 2 fully saturated rings. The van der Waals surface area contributed by atoms with E-state index in [1.807, 2.05) is 0 Å². The van der Waals surface area contributed by atoms with Gasteiger partial charge in [-0.3, -0.25) is 10.1 Å². The predicted molar refractivity (Wildman–Crippen MR) is 46.9 cm³/mol. The second kappa shape index (κ2) is 3.23. The summed E-state index contributed by atoms with van der Waals surface area (Å²) in [6.45, 7) is 0.601. The summed E-state index contributed by atoms with van der Waals surface area (Å²) >= 11 is 6.01. The van der Waals surface area contributed by atoms with Gasteiger partial charge in [0.15, 0.2) is 0 Å². The molecule has 3 atom stereocenters. The monoisotopic (exact) mass is 188 g/mol. The van der Waals surface area contributed by atoms with Crippen molar-refractivity contribution in [3.63, 3.8) is 0 Å². The van der Waals surface area contributed by atoms with Crippen LogP contribution in [-0.4, -0.2) is 24.0 Å². The maximum Gasteiger partial charge on any atom is 0.225 e. The highest BCUT2D eigenvalue weighted by atomic mass is 35.5. The van der Waals surface area contributed by atoms with Crippen molar-refractivity contribution in [3.05, 3.63) is 0 Å². The summed E-state index contributed by atoms with van der Waals surface area (Å²) in [6, 6.07) is 0.315. The fourth-order valence-electron chi connectivity index (χ4n) is 2.06. The highest BCUT2D eigenvalue weighted by Gasteiger charge is 2.36. The Morgan fingerprint density at radius 2 is 2.25 bits per heavy atom. The predicted octanol–water partition coefficient (Wildman–Crippen LogP) is 0.439. The Bertz CT molecular complexity index is 197. The molecule has 12 heavy (non-hydrogen) atoms. The lowest BCUT2D eigenvalue weighted by atomic mass is 9.83. The van der Waals surface area contributed by atoms with Crippen LogP contribution in [0.2, 0.25) is 0 Å². The lowest BCUT2D eigenvalue weighted by molar-refractivity contribution is -0.128. The molecule has 1 saturated carbocycles. The van der Waals surface area contributed by atoms with Crippen LogP contribution in [0.15, 0.2) is 0 Å². The zero-order chi connectivity index (χ0) is 8.55. The van der Waals surface area contributed by atoms with Gasteiger partial charge in [0, 0.05) is 11.4 Å². The van der Waals surface area contributed by atoms with Crippen LogP contribution in [0.25, 0.3) is 0 Å². The van der Waals surface area contributed by atoms with Crippen LogP contribution in [0.3, 0.4) is 0 Å². The molecule has 0 bridgehead atoms. The average molecular weight is 189 g/mol. The van der Waals surface area contributed by atoms with Crippen molar-refractivity contribution in [2.75, 3.05) is 6.67 Å². The molecular formula is C8H13ClN2O. The van der Waals surface area contributed by atoms with Gasteiger partial charge in [0.05, 0.1) is 12.6 Å². The number of halogens is 1. The van der Waals surface area contributed by atoms with Crippen molar-refractivity contribution >= 4 is 17.5 Å². The van der Waals surface area contributed by atoms with Crippen LogP contribution in [0.4, 0.5) is 0 Å². The van der Waals surface area contributed by atoms with Crippen molar-refractivity contribution in [1.82, 2.24) is 10.6 Å². The standard InChI is InChI=1S/C8H13ClN2O/c9-5-1-2-6-7(3-5)10-4-11-8(6)12/h5-7,10H,1-4H2,(H,11,12). The minimum atomic E-state index is 0.161. The van der Waals surface area contributed by atoms with Crippen LogP contribution < -0.4 is 10.6 Å². The van der Waals surface area contributed by atoms with Crippen LogP contribution in [0.1, 0.15) is 19.3 Å². The number of hydrogen-bond donors (Lipinski definition) is 2. The summed E-state index contributed by atoms with van der Waals surface area (Å²) in [4.78, 5) is 11.3. The molecule has 3 nitrogen and oxygen atoms in total. The van der Waals surface area contributed by atoms with Crippen LogP contribution in [0, 0.1) is 5.92 Å². The summed E-state index contributed by atoms with van der Waals surface area (Å²) < 4.78 is 0. The molecule has 0 aromatic rings. The first-order valence-electron chi connectivity index (χ1n) is 4.42. The van der Waals surface area contributed by atoms with Crippen LogP contribution in [-0.2, 0) is 4.79 Å². The number of carbonyl (C=O) groups excluding carboxylic acids is 1. The molecule has 1 amide bonds. The number of hydrogen-bond acceptors (Lipinski definition) is 2. The fraction of sp³-hybridized carbons (Fsp3) is 0.875. The molecule has 2 aliphatic rings. The normalized spacial score (nSPS) is 41.8. The first-order chi connectivity index (χ1) is 5.77. The van der Waals surface area contributed by atoms with E-state index in [1.165, 1.54) is 0 Å². The average Bonchev–Trinajstić information content (AvgIpc) is 2.04. The minimum absolute atomic E-state index is 0.161. The molecule has 2 rings (SSSR count). The fourth-order valence-corrected chi connectivity index (χ4v) is 2.38. The largest absolute Gasteiger partial charge is 0.343 e. The van der Waals surface area contributed by atoms with E-state index in [4.69, 9.17) is 11.6 Å². The Labute approximate surface area is 76.8 Å². The number of alkyl halides is 1. The van der Waals surface area contributed by atoms with Gasteiger partial charge < -0.3 is 5.32 Å².